The fourth-order valence-electron chi connectivity index (χ4n) is 1.75. The van der Waals surface area contributed by atoms with Crippen LogP contribution in [-0.4, -0.2) is 57.2 Å². The van der Waals surface area contributed by atoms with Crippen LogP contribution < -0.4 is 5.32 Å². The Bertz CT molecular complexity index is 294. The van der Waals surface area contributed by atoms with Gasteiger partial charge in [-0.3, -0.25) is 0 Å². The molecule has 0 spiro atoms. The first-order chi connectivity index (χ1) is 7.68. The van der Waals surface area contributed by atoms with Crippen molar-refractivity contribution < 1.29 is 14.7 Å². The highest BCUT2D eigenvalue weighted by atomic mass is 32.2. The van der Waals surface area contributed by atoms with Gasteiger partial charge in [-0.2, -0.15) is 11.8 Å². The van der Waals surface area contributed by atoms with Gasteiger partial charge in [-0.25, -0.2) is 9.59 Å². The lowest BCUT2D eigenvalue weighted by molar-refractivity contribution is -0.140. The van der Waals surface area contributed by atoms with Crippen molar-refractivity contribution in [3.8, 4) is 0 Å². The highest BCUT2D eigenvalue weighted by molar-refractivity contribution is 7.99. The molecular weight excluding hydrogens is 248 g/mol. The quantitative estimate of drug-likeness (QED) is 0.765. The van der Waals surface area contributed by atoms with Crippen molar-refractivity contribution >= 4 is 35.5 Å². The van der Waals surface area contributed by atoms with Crippen LogP contribution in [0.3, 0.4) is 0 Å². The monoisotopic (exact) mass is 262 g/mol. The molecule has 0 aliphatic carbocycles. The minimum Gasteiger partial charge on any atom is -0.480 e. The highest BCUT2D eigenvalue weighted by Gasteiger charge is 2.35. The number of hydrogen-bond donors (Lipinski definition) is 2. The summed E-state index contributed by atoms with van der Waals surface area (Å²) in [5.74, 6) is 2.05. The molecule has 0 bridgehead atoms. The number of carboxylic acids is 1. The molecule has 2 N–H and O–H groups in total. The van der Waals surface area contributed by atoms with E-state index in [4.69, 9.17) is 5.11 Å². The van der Waals surface area contributed by atoms with Crippen LogP contribution in [0, 0.1) is 0 Å². The summed E-state index contributed by atoms with van der Waals surface area (Å²) in [4.78, 5) is 24.2. The van der Waals surface area contributed by atoms with Crippen molar-refractivity contribution in [1.29, 1.82) is 0 Å². The highest BCUT2D eigenvalue weighted by Crippen LogP contribution is 2.22. The van der Waals surface area contributed by atoms with Crippen molar-refractivity contribution in [2.24, 2.45) is 0 Å². The Morgan fingerprint density at radius 1 is 1.31 bits per heavy atom. The minimum atomic E-state index is -0.916. The molecule has 2 unspecified atom stereocenters. The predicted molar refractivity (Wildman–Crippen MR) is 64.8 cm³/mol. The van der Waals surface area contributed by atoms with E-state index in [1.165, 1.54) is 16.7 Å². The van der Waals surface area contributed by atoms with Crippen molar-refractivity contribution in [3.63, 3.8) is 0 Å². The zero-order valence-corrected chi connectivity index (χ0v) is 10.4. The van der Waals surface area contributed by atoms with E-state index in [2.05, 4.69) is 5.32 Å². The maximum absolute atomic E-state index is 11.8. The van der Waals surface area contributed by atoms with Crippen molar-refractivity contribution in [2.75, 3.05) is 23.1 Å². The van der Waals surface area contributed by atoms with Crippen molar-refractivity contribution in [2.45, 2.75) is 18.5 Å². The van der Waals surface area contributed by atoms with Crippen molar-refractivity contribution in [3.05, 3.63) is 0 Å². The molecule has 2 aliphatic heterocycles. The Morgan fingerprint density at radius 2 is 2.12 bits per heavy atom. The number of hydrogen-bond acceptors (Lipinski definition) is 4. The Balaban J connectivity index is 1.90. The topological polar surface area (TPSA) is 69.6 Å². The van der Waals surface area contributed by atoms with Crippen LogP contribution in [0.15, 0.2) is 0 Å². The average Bonchev–Trinajstić information content (AvgIpc) is 2.86. The van der Waals surface area contributed by atoms with Gasteiger partial charge in [0, 0.05) is 17.5 Å². The Labute approximate surface area is 102 Å². The fraction of sp³-hybridized carbons (Fsp3) is 0.778. The Morgan fingerprint density at radius 3 is 2.75 bits per heavy atom. The maximum Gasteiger partial charge on any atom is 0.327 e. The summed E-state index contributed by atoms with van der Waals surface area (Å²) in [6, 6.07) is -0.693. The van der Waals surface area contributed by atoms with Crippen LogP contribution in [0.2, 0.25) is 0 Å². The molecule has 2 saturated heterocycles. The summed E-state index contributed by atoms with van der Waals surface area (Å²) < 4.78 is 0. The van der Waals surface area contributed by atoms with Gasteiger partial charge in [0.05, 0.1) is 5.88 Å². The lowest BCUT2D eigenvalue weighted by atomic mass is 10.2. The molecule has 5 nitrogen and oxygen atoms in total. The predicted octanol–water partition coefficient (Wildman–Crippen LogP) is 0.661. The molecule has 2 amide bonds. The first kappa shape index (κ1) is 11.9. The number of carboxylic acid groups (broad SMARTS) is 1. The normalized spacial score (nSPS) is 29.4. The van der Waals surface area contributed by atoms with Gasteiger partial charge in [0.15, 0.2) is 0 Å². The number of urea groups is 1. The summed E-state index contributed by atoms with van der Waals surface area (Å²) in [7, 11) is 0. The maximum atomic E-state index is 11.8. The fourth-order valence-corrected chi connectivity index (χ4v) is 4.05. The number of nitrogens with one attached hydrogen (secondary N) is 1. The van der Waals surface area contributed by atoms with E-state index < -0.39 is 12.0 Å². The molecule has 0 radical (unpaired) electrons. The van der Waals surface area contributed by atoms with E-state index in [0.29, 0.717) is 11.6 Å². The summed E-state index contributed by atoms with van der Waals surface area (Å²) >= 11 is 3.30. The lowest BCUT2D eigenvalue weighted by Crippen LogP contribution is -2.49. The minimum absolute atomic E-state index is 0.206. The first-order valence-electron chi connectivity index (χ1n) is 5.14. The second-order valence-corrected chi connectivity index (χ2v) is 5.98. The SMILES string of the molecule is O=C(O)C1CSCN1C(=O)NC1CCSC1. The largest absolute Gasteiger partial charge is 0.480 e. The van der Waals surface area contributed by atoms with E-state index >= 15 is 0 Å². The van der Waals surface area contributed by atoms with Gasteiger partial charge >= 0.3 is 12.0 Å². The van der Waals surface area contributed by atoms with Crippen LogP contribution in [0.5, 0.6) is 0 Å². The van der Waals surface area contributed by atoms with E-state index in [0.717, 1.165) is 17.9 Å². The zero-order valence-electron chi connectivity index (χ0n) is 8.72. The summed E-state index contributed by atoms with van der Waals surface area (Å²) in [6.45, 7) is 0. The number of aliphatic carboxylic acids is 1. The van der Waals surface area contributed by atoms with Gasteiger partial charge in [0.1, 0.15) is 6.04 Å². The van der Waals surface area contributed by atoms with E-state index in [1.54, 1.807) is 0 Å². The van der Waals surface area contributed by atoms with Gasteiger partial charge in [-0.1, -0.05) is 0 Å². The molecule has 0 aromatic rings. The molecular formula is C9H14N2O3S2. The first-order valence-corrected chi connectivity index (χ1v) is 7.45. The number of amides is 2. The van der Waals surface area contributed by atoms with E-state index in [-0.39, 0.29) is 12.1 Å². The molecule has 2 aliphatic rings. The van der Waals surface area contributed by atoms with Crippen molar-refractivity contribution in [1.82, 2.24) is 10.2 Å². The molecule has 7 heteroatoms. The number of thioether (sulfide) groups is 2. The molecule has 2 fully saturated rings. The number of nitrogens with zero attached hydrogens (tertiary/aromatic N) is 1. The van der Waals surface area contributed by atoms with Crippen LogP contribution in [-0.2, 0) is 4.79 Å². The van der Waals surface area contributed by atoms with Crippen LogP contribution >= 0.6 is 23.5 Å². The molecule has 16 heavy (non-hydrogen) atoms. The third-order valence-corrected chi connectivity index (χ3v) is 4.86. The van der Waals surface area contributed by atoms with Crippen LogP contribution in [0.4, 0.5) is 4.79 Å². The molecule has 0 saturated carbocycles. The summed E-state index contributed by atoms with van der Waals surface area (Å²) in [6.07, 6.45) is 0.981. The summed E-state index contributed by atoms with van der Waals surface area (Å²) in [5, 5.41) is 11.8. The van der Waals surface area contributed by atoms with Gasteiger partial charge < -0.3 is 15.3 Å². The van der Waals surface area contributed by atoms with Crippen LogP contribution in [0.1, 0.15) is 6.42 Å². The van der Waals surface area contributed by atoms with Gasteiger partial charge in [0.25, 0.3) is 0 Å². The third-order valence-electron chi connectivity index (χ3n) is 2.69. The molecule has 2 atom stereocenters. The molecule has 0 aromatic carbocycles. The molecule has 2 heterocycles. The second kappa shape index (κ2) is 5.18. The number of carbonyl (C=O) groups is 2. The van der Waals surface area contributed by atoms with Gasteiger partial charge in [-0.15, -0.1) is 11.8 Å². The molecule has 90 valence electrons. The number of rotatable bonds is 2. The zero-order chi connectivity index (χ0) is 11.5. The smallest absolute Gasteiger partial charge is 0.327 e. The Hall–Kier alpha value is -0.560. The Kier molecular flexibility index (Phi) is 3.86. The number of carbonyl (C=O) groups excluding carboxylic acids is 1. The molecule has 0 aromatic heterocycles. The standard InChI is InChI=1S/C9H14N2O3S2/c12-8(13)7-4-16-5-11(7)9(14)10-6-1-2-15-3-6/h6-7H,1-5H2,(H,10,14)(H,12,13). The van der Waals surface area contributed by atoms with E-state index in [9.17, 15) is 9.59 Å². The second-order valence-electron chi connectivity index (χ2n) is 3.83. The van der Waals surface area contributed by atoms with Gasteiger partial charge in [-0.05, 0) is 12.2 Å². The third kappa shape index (κ3) is 2.57. The average molecular weight is 262 g/mol. The van der Waals surface area contributed by atoms with E-state index in [1.807, 2.05) is 11.8 Å². The van der Waals surface area contributed by atoms with Crippen LogP contribution in [0.25, 0.3) is 0 Å². The van der Waals surface area contributed by atoms with Gasteiger partial charge in [0.2, 0.25) is 0 Å². The lowest BCUT2D eigenvalue weighted by Gasteiger charge is -2.23. The molecule has 2 rings (SSSR count). The summed E-state index contributed by atoms with van der Waals surface area (Å²) in [5.41, 5.74) is 0.